The molecule has 0 saturated carbocycles. The van der Waals surface area contributed by atoms with E-state index in [0.717, 1.165) is 55.6 Å². The van der Waals surface area contributed by atoms with Gasteiger partial charge in [-0.15, -0.1) is 23.7 Å². The van der Waals surface area contributed by atoms with Crippen LogP contribution in [0, 0.1) is 0 Å². The number of rotatable bonds is 3. The van der Waals surface area contributed by atoms with Crippen LogP contribution < -0.4 is 5.32 Å². The summed E-state index contributed by atoms with van der Waals surface area (Å²) in [5, 5.41) is 4.43. The number of likely N-dealkylation sites (tertiary alicyclic amines) is 1. The Morgan fingerprint density at radius 3 is 2.73 bits per heavy atom. The Hall–Kier alpha value is -0.690. The van der Waals surface area contributed by atoms with E-state index in [1.165, 1.54) is 0 Å². The molecule has 22 heavy (non-hydrogen) atoms. The topological polar surface area (TPSA) is 48.5 Å². The molecule has 0 spiro atoms. The van der Waals surface area contributed by atoms with Crippen molar-refractivity contribution in [2.24, 2.45) is 0 Å². The van der Waals surface area contributed by atoms with Crippen LogP contribution in [0.25, 0.3) is 0 Å². The fourth-order valence-corrected chi connectivity index (χ4v) is 3.97. The van der Waals surface area contributed by atoms with Gasteiger partial charge in [0.1, 0.15) is 4.88 Å². The van der Waals surface area contributed by atoms with Crippen LogP contribution in [-0.2, 0) is 0 Å². The summed E-state index contributed by atoms with van der Waals surface area (Å²) in [5.74, 6) is 0.556. The summed E-state index contributed by atoms with van der Waals surface area (Å²) >= 11 is 1.55. The summed E-state index contributed by atoms with van der Waals surface area (Å²) in [6, 6.07) is 0.536. The summed E-state index contributed by atoms with van der Waals surface area (Å²) in [6.07, 6.45) is 2.85. The van der Waals surface area contributed by atoms with Crippen molar-refractivity contribution in [3.8, 4) is 0 Å². The molecule has 2 saturated heterocycles. The van der Waals surface area contributed by atoms with E-state index < -0.39 is 0 Å². The van der Waals surface area contributed by atoms with Gasteiger partial charge in [-0.25, -0.2) is 4.98 Å². The molecule has 0 aliphatic carbocycles. The van der Waals surface area contributed by atoms with Gasteiger partial charge in [-0.2, -0.15) is 0 Å². The quantitative estimate of drug-likeness (QED) is 0.908. The van der Waals surface area contributed by atoms with E-state index in [1.807, 2.05) is 4.90 Å². The molecule has 5 nitrogen and oxygen atoms in total. The smallest absolute Gasteiger partial charge is 0.265 e. The van der Waals surface area contributed by atoms with Crippen molar-refractivity contribution in [3.05, 3.63) is 16.1 Å². The third-order valence-corrected chi connectivity index (χ3v) is 5.63. The van der Waals surface area contributed by atoms with E-state index in [9.17, 15) is 4.79 Å². The van der Waals surface area contributed by atoms with Gasteiger partial charge in [-0.1, -0.05) is 13.8 Å². The summed E-state index contributed by atoms with van der Waals surface area (Å²) in [5.41, 5.74) is 0. The van der Waals surface area contributed by atoms with Gasteiger partial charge in [0.25, 0.3) is 5.91 Å². The van der Waals surface area contributed by atoms with Crippen LogP contribution in [0.15, 0.2) is 6.20 Å². The summed E-state index contributed by atoms with van der Waals surface area (Å²) in [6.45, 7) is 10.3. The van der Waals surface area contributed by atoms with Crippen LogP contribution in [0.4, 0.5) is 0 Å². The second-order valence-electron chi connectivity index (χ2n) is 6.20. The van der Waals surface area contributed by atoms with Crippen molar-refractivity contribution >= 4 is 29.7 Å². The highest BCUT2D eigenvalue weighted by Crippen LogP contribution is 2.24. The Bertz CT molecular complexity index is 501. The van der Waals surface area contributed by atoms with E-state index in [2.05, 4.69) is 29.0 Å². The van der Waals surface area contributed by atoms with E-state index in [4.69, 9.17) is 0 Å². The monoisotopic (exact) mass is 344 g/mol. The maximum atomic E-state index is 12.6. The molecule has 2 fully saturated rings. The van der Waals surface area contributed by atoms with Gasteiger partial charge in [0.2, 0.25) is 0 Å². The summed E-state index contributed by atoms with van der Waals surface area (Å²) in [4.78, 5) is 22.3. The van der Waals surface area contributed by atoms with E-state index >= 15 is 0 Å². The molecule has 1 aromatic heterocycles. The van der Waals surface area contributed by atoms with E-state index in [0.29, 0.717) is 12.0 Å². The van der Waals surface area contributed by atoms with Gasteiger partial charge in [-0.05, 0) is 6.42 Å². The third-order valence-electron chi connectivity index (χ3n) is 4.35. The first-order chi connectivity index (χ1) is 10.1. The molecule has 1 atom stereocenters. The summed E-state index contributed by atoms with van der Waals surface area (Å²) in [7, 11) is 0. The average molecular weight is 345 g/mol. The first-order valence-electron chi connectivity index (χ1n) is 7.85. The predicted molar refractivity (Wildman–Crippen MR) is 92.2 cm³/mol. The van der Waals surface area contributed by atoms with Crippen molar-refractivity contribution in [1.29, 1.82) is 0 Å². The lowest BCUT2D eigenvalue weighted by Crippen LogP contribution is -2.49. The Balaban J connectivity index is 0.00000176. The number of piperazine rings is 1. The number of nitrogens with one attached hydrogen (secondary N) is 1. The molecule has 3 rings (SSSR count). The van der Waals surface area contributed by atoms with Crippen molar-refractivity contribution < 1.29 is 4.79 Å². The highest BCUT2D eigenvalue weighted by molar-refractivity contribution is 7.13. The van der Waals surface area contributed by atoms with Crippen LogP contribution in [0.2, 0.25) is 0 Å². The SMILES string of the molecule is CC(C)c1ncc(C(=O)N2CCC(N3CCNCC3)C2)s1.Cl. The molecule has 2 aliphatic rings. The molecule has 1 N–H and O–H groups in total. The Labute approximate surface area is 142 Å². The van der Waals surface area contributed by atoms with Crippen LogP contribution in [0.3, 0.4) is 0 Å². The molecule has 3 heterocycles. The predicted octanol–water partition coefficient (Wildman–Crippen LogP) is 1.81. The molecule has 124 valence electrons. The molecule has 7 heteroatoms. The van der Waals surface area contributed by atoms with Crippen molar-refractivity contribution in [2.45, 2.75) is 32.2 Å². The zero-order valence-corrected chi connectivity index (χ0v) is 14.9. The number of aromatic nitrogens is 1. The number of hydrogen-bond donors (Lipinski definition) is 1. The average Bonchev–Trinajstić information content (AvgIpc) is 3.17. The van der Waals surface area contributed by atoms with Gasteiger partial charge in [0.15, 0.2) is 0 Å². The molecular weight excluding hydrogens is 320 g/mol. The highest BCUT2D eigenvalue weighted by Gasteiger charge is 2.32. The number of halogens is 1. The molecule has 1 unspecified atom stereocenters. The molecule has 1 amide bonds. The fraction of sp³-hybridized carbons (Fsp3) is 0.733. The van der Waals surface area contributed by atoms with Gasteiger partial charge in [0.05, 0.1) is 11.2 Å². The van der Waals surface area contributed by atoms with Crippen LogP contribution in [0.5, 0.6) is 0 Å². The zero-order valence-electron chi connectivity index (χ0n) is 13.2. The Morgan fingerprint density at radius 1 is 1.36 bits per heavy atom. The van der Waals surface area contributed by atoms with E-state index in [-0.39, 0.29) is 18.3 Å². The normalized spacial score (nSPS) is 22.9. The fourth-order valence-electron chi connectivity index (χ4n) is 3.08. The van der Waals surface area contributed by atoms with Crippen LogP contribution in [-0.4, -0.2) is 66.0 Å². The first-order valence-corrected chi connectivity index (χ1v) is 8.66. The van der Waals surface area contributed by atoms with Crippen LogP contribution in [0.1, 0.15) is 40.9 Å². The lowest BCUT2D eigenvalue weighted by atomic mass is 10.2. The lowest BCUT2D eigenvalue weighted by Gasteiger charge is -2.32. The Kier molecular flexibility index (Phi) is 6.20. The number of nitrogens with zero attached hydrogens (tertiary/aromatic N) is 3. The minimum absolute atomic E-state index is 0. The number of carbonyl (C=O) groups excluding carboxylic acids is 1. The van der Waals surface area contributed by atoms with Crippen molar-refractivity contribution in [2.75, 3.05) is 39.3 Å². The molecule has 2 aliphatic heterocycles. The molecule has 0 aromatic carbocycles. The standard InChI is InChI=1S/C15H24N4OS.ClH/c1-11(2)14-17-9-13(21-14)15(20)19-6-3-12(10-19)18-7-4-16-5-8-18;/h9,11-12,16H,3-8,10H2,1-2H3;1H. The van der Waals surface area contributed by atoms with Gasteiger partial charge in [0, 0.05) is 51.2 Å². The second-order valence-corrected chi connectivity index (χ2v) is 7.26. The number of carbonyl (C=O) groups is 1. The zero-order chi connectivity index (χ0) is 14.8. The third kappa shape index (κ3) is 3.79. The number of hydrogen-bond acceptors (Lipinski definition) is 5. The van der Waals surface area contributed by atoms with Gasteiger partial charge < -0.3 is 10.2 Å². The summed E-state index contributed by atoms with van der Waals surface area (Å²) < 4.78 is 0. The van der Waals surface area contributed by atoms with Gasteiger partial charge in [-0.3, -0.25) is 9.69 Å². The minimum Gasteiger partial charge on any atom is -0.336 e. The first kappa shape index (κ1) is 17.7. The molecular formula is C15H25ClN4OS. The molecule has 0 bridgehead atoms. The maximum Gasteiger partial charge on any atom is 0.265 e. The number of thiazole rings is 1. The molecule has 0 radical (unpaired) electrons. The lowest BCUT2D eigenvalue weighted by molar-refractivity contribution is 0.0778. The van der Waals surface area contributed by atoms with Gasteiger partial charge >= 0.3 is 0 Å². The minimum atomic E-state index is 0. The number of amides is 1. The van der Waals surface area contributed by atoms with Crippen molar-refractivity contribution in [1.82, 2.24) is 20.1 Å². The highest BCUT2D eigenvalue weighted by atomic mass is 35.5. The van der Waals surface area contributed by atoms with Crippen LogP contribution >= 0.6 is 23.7 Å². The van der Waals surface area contributed by atoms with Crippen molar-refractivity contribution in [3.63, 3.8) is 0 Å². The second kappa shape index (κ2) is 7.73. The Morgan fingerprint density at radius 2 is 2.09 bits per heavy atom. The largest absolute Gasteiger partial charge is 0.336 e. The molecule has 1 aromatic rings. The maximum absolute atomic E-state index is 12.6. The van der Waals surface area contributed by atoms with E-state index in [1.54, 1.807) is 17.5 Å².